The average Bonchev–Trinajstić information content (AvgIpc) is 3.20. The Labute approximate surface area is 400 Å². The van der Waals surface area contributed by atoms with Gasteiger partial charge in [0, 0.05) is 12.8 Å². The number of esters is 3. The summed E-state index contributed by atoms with van der Waals surface area (Å²) in [5.74, 6) is -7.75. The van der Waals surface area contributed by atoms with Gasteiger partial charge in [0.25, 0.3) is 0 Å². The smallest absolute Gasteiger partial charge is 0.408 e. The SMILES string of the molecule is CC(C)(C)OC(=O)CCC(NC(=O)OCc1ccccc1)C(=O)O.CC(C)(C)OC(=O)CNCC(=O)OC(C)(C)C.O=C(O)CCC(NC(=O)OCc1ccccc1)C(=O)N(CC(=O)O)CC(=O)O. The van der Waals surface area contributed by atoms with Crippen molar-refractivity contribution in [2.24, 2.45) is 0 Å². The predicted octanol–water partition coefficient (Wildman–Crippen LogP) is 3.89. The molecule has 23 heteroatoms. The van der Waals surface area contributed by atoms with Crippen LogP contribution in [0.3, 0.4) is 0 Å². The van der Waals surface area contributed by atoms with Crippen LogP contribution in [0.15, 0.2) is 60.7 Å². The van der Waals surface area contributed by atoms with E-state index in [1.54, 1.807) is 117 Å². The number of carbonyl (C=O) groups excluding carboxylic acids is 6. The second-order valence-electron chi connectivity index (χ2n) is 17.7. The van der Waals surface area contributed by atoms with Gasteiger partial charge in [-0.25, -0.2) is 14.4 Å². The summed E-state index contributed by atoms with van der Waals surface area (Å²) in [5.41, 5.74) is -0.203. The van der Waals surface area contributed by atoms with E-state index in [1.165, 1.54) is 0 Å². The van der Waals surface area contributed by atoms with Crippen LogP contribution in [0, 0.1) is 0 Å². The molecule has 0 aliphatic carbocycles. The van der Waals surface area contributed by atoms with Gasteiger partial charge in [-0.15, -0.1) is 0 Å². The monoisotopic (exact) mass is 978 g/mol. The summed E-state index contributed by atoms with van der Waals surface area (Å²) in [6, 6.07) is 14.9. The molecule has 2 aromatic rings. The van der Waals surface area contributed by atoms with Crippen LogP contribution in [0.5, 0.6) is 0 Å². The third kappa shape index (κ3) is 34.6. The van der Waals surface area contributed by atoms with Gasteiger partial charge in [-0.05, 0) is 86.3 Å². The summed E-state index contributed by atoms with van der Waals surface area (Å²) >= 11 is 0. The van der Waals surface area contributed by atoms with Crippen molar-refractivity contribution in [2.45, 2.75) is 130 Å². The van der Waals surface area contributed by atoms with Crippen molar-refractivity contribution >= 4 is 59.9 Å². The summed E-state index contributed by atoms with van der Waals surface area (Å²) in [7, 11) is 0. The van der Waals surface area contributed by atoms with Gasteiger partial charge >= 0.3 is 54.0 Å². The Morgan fingerprint density at radius 2 is 0.870 bits per heavy atom. The van der Waals surface area contributed by atoms with Crippen LogP contribution in [0.2, 0.25) is 0 Å². The normalized spacial score (nSPS) is 11.7. The van der Waals surface area contributed by atoms with Crippen LogP contribution in [0.1, 0.15) is 99.1 Å². The molecule has 0 radical (unpaired) electrons. The number of hydrogen-bond donors (Lipinski definition) is 7. The summed E-state index contributed by atoms with van der Waals surface area (Å²) in [5, 5.41) is 42.7. The number of benzene rings is 2. The number of amides is 3. The van der Waals surface area contributed by atoms with E-state index in [2.05, 4.69) is 16.0 Å². The molecule has 7 N–H and O–H groups in total. The van der Waals surface area contributed by atoms with Crippen LogP contribution < -0.4 is 16.0 Å². The fourth-order valence-corrected chi connectivity index (χ4v) is 5.03. The molecule has 0 saturated carbocycles. The van der Waals surface area contributed by atoms with Gasteiger partial charge in [0.2, 0.25) is 5.91 Å². The van der Waals surface area contributed by atoms with E-state index in [1.807, 2.05) is 6.07 Å². The summed E-state index contributed by atoms with van der Waals surface area (Å²) < 4.78 is 25.2. The molecule has 0 bridgehead atoms. The van der Waals surface area contributed by atoms with Crippen molar-refractivity contribution in [1.82, 2.24) is 20.9 Å². The molecule has 3 amide bonds. The van der Waals surface area contributed by atoms with E-state index in [4.69, 9.17) is 44.1 Å². The topological polar surface area (TPSA) is 337 Å². The van der Waals surface area contributed by atoms with Gasteiger partial charge in [0.15, 0.2) is 0 Å². The third-order valence-corrected chi connectivity index (χ3v) is 7.65. The Morgan fingerprint density at radius 1 is 0.507 bits per heavy atom. The molecule has 69 heavy (non-hydrogen) atoms. The van der Waals surface area contributed by atoms with Crippen molar-refractivity contribution in [3.63, 3.8) is 0 Å². The Balaban J connectivity index is 0.00000104. The quantitative estimate of drug-likeness (QED) is 0.0650. The average molecular weight is 979 g/mol. The number of nitrogens with one attached hydrogen (secondary N) is 3. The minimum atomic E-state index is -1.46. The maximum Gasteiger partial charge on any atom is 0.408 e. The number of aliphatic carboxylic acids is 4. The summed E-state index contributed by atoms with van der Waals surface area (Å²) in [6.45, 7) is 14.0. The predicted molar refractivity (Wildman–Crippen MR) is 243 cm³/mol. The van der Waals surface area contributed by atoms with Crippen LogP contribution in [-0.4, -0.2) is 140 Å². The number of rotatable bonds is 22. The van der Waals surface area contributed by atoms with E-state index < -0.39 is 96.3 Å². The van der Waals surface area contributed by atoms with E-state index in [-0.39, 0.29) is 57.5 Å². The fourth-order valence-electron chi connectivity index (χ4n) is 5.03. The van der Waals surface area contributed by atoms with Crippen LogP contribution >= 0.6 is 0 Å². The second kappa shape index (κ2) is 30.9. The number of alkyl carbamates (subject to hydrolysis) is 2. The molecule has 0 heterocycles. The molecule has 0 saturated heterocycles. The van der Waals surface area contributed by atoms with Gasteiger partial charge in [-0.3, -0.25) is 38.9 Å². The van der Waals surface area contributed by atoms with Crippen molar-refractivity contribution in [1.29, 1.82) is 0 Å². The largest absolute Gasteiger partial charge is 0.481 e. The molecule has 0 aliphatic heterocycles. The Hall–Kier alpha value is -7.30. The standard InChI is InChI=1S/C17H20N2O9.C17H23NO6.C12H23NO4/c20-13(21)7-6-12(16(26)19(8-14(22)23)9-15(24)25)18-17(27)28-10-11-4-2-1-3-5-11;1-17(2,3)24-14(19)10-9-13(15(20)21)18-16(22)23-11-12-7-5-4-6-8-12;1-11(2,3)16-9(14)7-13-8-10(15)17-12(4,5)6/h1-5,12H,6-10H2,(H,18,27)(H,20,21)(H,22,23)(H,24,25);4-8,13H,9-11H2,1-3H3,(H,18,22)(H,20,21);13H,7-8H2,1-6H3. The lowest BCUT2D eigenvalue weighted by Gasteiger charge is -2.25. The van der Waals surface area contributed by atoms with Crippen molar-refractivity contribution in [3.05, 3.63) is 71.8 Å². The van der Waals surface area contributed by atoms with Crippen molar-refractivity contribution in [2.75, 3.05) is 26.2 Å². The lowest BCUT2D eigenvalue weighted by Crippen LogP contribution is -2.51. The first-order valence-electron chi connectivity index (χ1n) is 21.3. The lowest BCUT2D eigenvalue weighted by molar-refractivity contribution is -0.157. The maximum atomic E-state index is 12.5. The molecule has 2 unspecified atom stereocenters. The molecule has 0 aromatic heterocycles. The fraction of sp³-hybridized carbons (Fsp3) is 0.522. The number of carboxylic acid groups (broad SMARTS) is 4. The van der Waals surface area contributed by atoms with E-state index in [9.17, 15) is 47.9 Å². The van der Waals surface area contributed by atoms with Gasteiger partial charge < -0.3 is 59.6 Å². The molecule has 384 valence electrons. The van der Waals surface area contributed by atoms with Crippen LogP contribution in [0.4, 0.5) is 9.59 Å². The van der Waals surface area contributed by atoms with Gasteiger partial charge in [-0.1, -0.05) is 60.7 Å². The van der Waals surface area contributed by atoms with E-state index in [0.29, 0.717) is 10.5 Å². The first-order chi connectivity index (χ1) is 31.8. The first kappa shape index (κ1) is 61.7. The zero-order valence-corrected chi connectivity index (χ0v) is 40.4. The molecule has 0 spiro atoms. The van der Waals surface area contributed by atoms with Gasteiger partial charge in [0.05, 0.1) is 13.1 Å². The van der Waals surface area contributed by atoms with Gasteiger partial charge in [0.1, 0.15) is 55.2 Å². The first-order valence-corrected chi connectivity index (χ1v) is 21.3. The highest BCUT2D eigenvalue weighted by Gasteiger charge is 2.30. The Bertz CT molecular complexity index is 1950. The second-order valence-corrected chi connectivity index (χ2v) is 17.7. The highest BCUT2D eigenvalue weighted by molar-refractivity contribution is 5.90. The zero-order chi connectivity index (χ0) is 53.0. The molecule has 2 atom stereocenters. The zero-order valence-electron chi connectivity index (χ0n) is 40.4. The molecule has 23 nitrogen and oxygen atoms in total. The molecule has 2 rings (SSSR count). The summed E-state index contributed by atoms with van der Waals surface area (Å²) in [4.78, 5) is 115. The molecular formula is C46H66N4O19. The Kier molecular flexibility index (Phi) is 27.6. The lowest BCUT2D eigenvalue weighted by atomic mass is 10.1. The maximum absolute atomic E-state index is 12.5. The van der Waals surface area contributed by atoms with Gasteiger partial charge in [-0.2, -0.15) is 0 Å². The van der Waals surface area contributed by atoms with E-state index >= 15 is 0 Å². The minimum absolute atomic E-state index is 0.00346. The molecular weight excluding hydrogens is 913 g/mol. The highest BCUT2D eigenvalue weighted by Crippen LogP contribution is 2.12. The van der Waals surface area contributed by atoms with Crippen molar-refractivity contribution in [3.8, 4) is 0 Å². The molecule has 0 aliphatic rings. The number of ether oxygens (including phenoxy) is 5. The Morgan fingerprint density at radius 3 is 1.22 bits per heavy atom. The van der Waals surface area contributed by atoms with Crippen LogP contribution in [-0.2, 0) is 75.3 Å². The molecule has 2 aromatic carbocycles. The number of hydrogen-bond acceptors (Lipinski definition) is 16. The highest BCUT2D eigenvalue weighted by atomic mass is 16.6. The minimum Gasteiger partial charge on any atom is -0.481 e. The number of nitrogens with zero attached hydrogens (tertiary/aromatic N) is 1. The van der Waals surface area contributed by atoms with Crippen LogP contribution in [0.25, 0.3) is 0 Å². The number of carboxylic acids is 4. The van der Waals surface area contributed by atoms with E-state index in [0.717, 1.165) is 5.56 Å². The third-order valence-electron chi connectivity index (χ3n) is 7.65. The number of carbonyl (C=O) groups is 10. The molecule has 0 fully saturated rings. The summed E-state index contributed by atoms with van der Waals surface area (Å²) in [6.07, 6.45) is -2.96. The van der Waals surface area contributed by atoms with Crippen molar-refractivity contribution < 1.29 is 92.1 Å².